The monoisotopic (exact) mass is 306 g/mol. The van der Waals surface area contributed by atoms with Crippen molar-refractivity contribution < 1.29 is 9.53 Å². The number of nitrogen functional groups attached to an aromatic ring is 1. The van der Waals surface area contributed by atoms with E-state index < -0.39 is 0 Å². The van der Waals surface area contributed by atoms with Gasteiger partial charge in [0.2, 0.25) is 0 Å². The first-order chi connectivity index (χ1) is 10.3. The number of morpholine rings is 1. The fourth-order valence-electron chi connectivity index (χ4n) is 2.35. The number of ether oxygens (including phenoxy) is 1. The van der Waals surface area contributed by atoms with Gasteiger partial charge in [0.1, 0.15) is 9.71 Å². The molecule has 1 fully saturated rings. The maximum absolute atomic E-state index is 12.2. The number of thiophene rings is 1. The van der Waals surface area contributed by atoms with Gasteiger partial charge in [-0.3, -0.25) is 9.69 Å². The van der Waals surface area contributed by atoms with E-state index in [9.17, 15) is 4.79 Å². The Kier molecular flexibility index (Phi) is 4.33. The predicted octanol–water partition coefficient (Wildman–Crippen LogP) is 0.940. The molecule has 0 saturated carbocycles. The fourth-order valence-corrected chi connectivity index (χ4v) is 3.33. The Morgan fingerprint density at radius 1 is 1.48 bits per heavy atom. The fraction of sp³-hybridized carbons (Fsp3) is 0.429. The van der Waals surface area contributed by atoms with E-state index in [1.54, 1.807) is 6.20 Å². The van der Waals surface area contributed by atoms with Crippen LogP contribution in [0.1, 0.15) is 9.67 Å². The number of nitrogens with one attached hydrogen (secondary N) is 1. The molecule has 0 atom stereocenters. The van der Waals surface area contributed by atoms with Crippen LogP contribution in [0.15, 0.2) is 18.3 Å². The van der Waals surface area contributed by atoms with Crippen molar-refractivity contribution in [1.82, 2.24) is 15.2 Å². The number of pyridine rings is 1. The largest absolute Gasteiger partial charge is 0.397 e. The number of carbonyl (C=O) groups is 1. The van der Waals surface area contributed by atoms with Gasteiger partial charge in [-0.1, -0.05) is 0 Å². The number of hydrogen-bond acceptors (Lipinski definition) is 6. The van der Waals surface area contributed by atoms with Crippen molar-refractivity contribution in [1.29, 1.82) is 0 Å². The second-order valence-electron chi connectivity index (χ2n) is 4.91. The molecule has 1 saturated heterocycles. The van der Waals surface area contributed by atoms with Crippen LogP contribution in [0.4, 0.5) is 5.69 Å². The molecule has 1 aliphatic rings. The molecular formula is C14H18N4O2S. The smallest absolute Gasteiger partial charge is 0.263 e. The number of hydrogen-bond donors (Lipinski definition) is 2. The van der Waals surface area contributed by atoms with Crippen LogP contribution >= 0.6 is 11.3 Å². The maximum atomic E-state index is 12.2. The SMILES string of the molecule is Nc1c(C(=O)NCCN2CCOCC2)sc2ncccc12. The molecule has 2 aromatic rings. The molecule has 0 aromatic carbocycles. The number of aromatic nitrogens is 1. The second-order valence-corrected chi connectivity index (χ2v) is 5.91. The zero-order valence-corrected chi connectivity index (χ0v) is 12.5. The molecule has 3 heterocycles. The van der Waals surface area contributed by atoms with Crippen LogP contribution in [0.2, 0.25) is 0 Å². The Morgan fingerprint density at radius 3 is 3.05 bits per heavy atom. The van der Waals surface area contributed by atoms with E-state index in [-0.39, 0.29) is 5.91 Å². The Morgan fingerprint density at radius 2 is 2.29 bits per heavy atom. The third-order valence-corrected chi connectivity index (χ3v) is 4.66. The highest BCUT2D eigenvalue weighted by Crippen LogP contribution is 2.31. The number of rotatable bonds is 4. The molecule has 0 spiro atoms. The van der Waals surface area contributed by atoms with Gasteiger partial charge < -0.3 is 15.8 Å². The van der Waals surface area contributed by atoms with Crippen LogP contribution in [0.5, 0.6) is 0 Å². The third kappa shape index (κ3) is 3.15. The van der Waals surface area contributed by atoms with Gasteiger partial charge in [0.15, 0.2) is 0 Å². The quantitative estimate of drug-likeness (QED) is 0.879. The number of amides is 1. The van der Waals surface area contributed by atoms with Crippen molar-refractivity contribution in [2.75, 3.05) is 45.1 Å². The first-order valence-corrected chi connectivity index (χ1v) is 7.78. The molecule has 6 nitrogen and oxygen atoms in total. The molecule has 7 heteroatoms. The van der Waals surface area contributed by atoms with Gasteiger partial charge in [-0.15, -0.1) is 11.3 Å². The Hall–Kier alpha value is -1.70. The van der Waals surface area contributed by atoms with Crippen LogP contribution in [0.3, 0.4) is 0 Å². The summed E-state index contributed by atoms with van der Waals surface area (Å²) >= 11 is 1.34. The van der Waals surface area contributed by atoms with Gasteiger partial charge in [0.05, 0.1) is 18.9 Å². The summed E-state index contributed by atoms with van der Waals surface area (Å²) in [6.45, 7) is 4.82. The highest BCUT2D eigenvalue weighted by Gasteiger charge is 2.17. The van der Waals surface area contributed by atoms with Crippen molar-refractivity contribution >= 4 is 33.1 Å². The number of nitrogens with two attached hydrogens (primary N) is 1. The first kappa shape index (κ1) is 14.2. The Balaban J connectivity index is 1.60. The average molecular weight is 306 g/mol. The lowest BCUT2D eigenvalue weighted by atomic mass is 10.2. The lowest BCUT2D eigenvalue weighted by Crippen LogP contribution is -2.41. The lowest BCUT2D eigenvalue weighted by Gasteiger charge is -2.26. The van der Waals surface area contributed by atoms with E-state index in [1.165, 1.54) is 11.3 Å². The maximum Gasteiger partial charge on any atom is 0.263 e. The van der Waals surface area contributed by atoms with Gasteiger partial charge in [0, 0.05) is 37.8 Å². The molecule has 1 amide bonds. The predicted molar refractivity (Wildman–Crippen MR) is 83.6 cm³/mol. The van der Waals surface area contributed by atoms with Crippen LogP contribution in [-0.2, 0) is 4.74 Å². The summed E-state index contributed by atoms with van der Waals surface area (Å²) in [5.41, 5.74) is 6.56. The van der Waals surface area contributed by atoms with Crippen molar-refractivity contribution in [3.63, 3.8) is 0 Å². The van der Waals surface area contributed by atoms with Crippen molar-refractivity contribution in [3.8, 4) is 0 Å². The van der Waals surface area contributed by atoms with Crippen LogP contribution in [0.25, 0.3) is 10.2 Å². The summed E-state index contributed by atoms with van der Waals surface area (Å²) in [6, 6.07) is 3.71. The normalized spacial score (nSPS) is 16.2. The number of carbonyl (C=O) groups excluding carboxylic acids is 1. The van der Waals surface area contributed by atoms with E-state index in [2.05, 4.69) is 15.2 Å². The summed E-state index contributed by atoms with van der Waals surface area (Å²) in [7, 11) is 0. The zero-order chi connectivity index (χ0) is 14.7. The Bertz CT molecular complexity index is 637. The standard InChI is InChI=1S/C14H18N4O2S/c15-11-10-2-1-3-17-14(10)21-12(11)13(19)16-4-5-18-6-8-20-9-7-18/h1-3H,4-9,15H2,(H,16,19). The average Bonchev–Trinajstić information content (AvgIpc) is 2.86. The minimum atomic E-state index is -0.122. The van der Waals surface area contributed by atoms with Gasteiger partial charge in [-0.2, -0.15) is 0 Å². The first-order valence-electron chi connectivity index (χ1n) is 6.97. The minimum absolute atomic E-state index is 0.122. The third-order valence-electron chi connectivity index (χ3n) is 3.53. The zero-order valence-electron chi connectivity index (χ0n) is 11.7. The van der Waals surface area contributed by atoms with E-state index in [1.807, 2.05) is 12.1 Å². The Labute approximate surface area is 126 Å². The van der Waals surface area contributed by atoms with Crippen molar-refractivity contribution in [2.24, 2.45) is 0 Å². The summed E-state index contributed by atoms with van der Waals surface area (Å²) in [5.74, 6) is -0.122. The summed E-state index contributed by atoms with van der Waals surface area (Å²) in [6.07, 6.45) is 1.71. The number of anilines is 1. The minimum Gasteiger partial charge on any atom is -0.397 e. The van der Waals surface area contributed by atoms with Gasteiger partial charge in [-0.05, 0) is 12.1 Å². The van der Waals surface area contributed by atoms with Gasteiger partial charge in [0.25, 0.3) is 5.91 Å². The molecule has 2 aromatic heterocycles. The van der Waals surface area contributed by atoms with Crippen LogP contribution < -0.4 is 11.1 Å². The molecular weight excluding hydrogens is 288 g/mol. The van der Waals surface area contributed by atoms with E-state index in [0.717, 1.165) is 43.1 Å². The van der Waals surface area contributed by atoms with E-state index in [4.69, 9.17) is 10.5 Å². The topological polar surface area (TPSA) is 80.5 Å². The summed E-state index contributed by atoms with van der Waals surface area (Å²) < 4.78 is 5.30. The van der Waals surface area contributed by atoms with E-state index in [0.29, 0.717) is 17.1 Å². The second kappa shape index (κ2) is 6.38. The lowest BCUT2D eigenvalue weighted by molar-refractivity contribution is 0.0383. The number of fused-ring (bicyclic) bond motifs is 1. The molecule has 3 rings (SSSR count). The molecule has 0 radical (unpaired) electrons. The molecule has 0 unspecified atom stereocenters. The summed E-state index contributed by atoms with van der Waals surface area (Å²) in [4.78, 5) is 20.1. The van der Waals surface area contributed by atoms with Crippen molar-refractivity contribution in [2.45, 2.75) is 0 Å². The number of nitrogens with zero attached hydrogens (tertiary/aromatic N) is 2. The van der Waals surface area contributed by atoms with Crippen LogP contribution in [-0.4, -0.2) is 55.2 Å². The highest BCUT2D eigenvalue weighted by molar-refractivity contribution is 7.21. The van der Waals surface area contributed by atoms with E-state index >= 15 is 0 Å². The molecule has 0 aliphatic carbocycles. The van der Waals surface area contributed by atoms with Gasteiger partial charge >= 0.3 is 0 Å². The van der Waals surface area contributed by atoms with Crippen molar-refractivity contribution in [3.05, 3.63) is 23.2 Å². The van der Waals surface area contributed by atoms with Crippen LogP contribution in [0, 0.1) is 0 Å². The highest BCUT2D eigenvalue weighted by atomic mass is 32.1. The molecule has 3 N–H and O–H groups in total. The molecule has 112 valence electrons. The summed E-state index contributed by atoms with van der Waals surface area (Å²) in [5, 5.41) is 3.78. The molecule has 0 bridgehead atoms. The molecule has 1 aliphatic heterocycles. The molecule has 21 heavy (non-hydrogen) atoms. The van der Waals surface area contributed by atoms with Gasteiger partial charge in [-0.25, -0.2) is 4.98 Å².